The summed E-state index contributed by atoms with van der Waals surface area (Å²) < 4.78 is 38.9. The third-order valence-corrected chi connectivity index (χ3v) is 9.28. The first kappa shape index (κ1) is 28.3. The average molecular weight is 547 g/mol. The number of sulfonamides is 1. The summed E-state index contributed by atoms with van der Waals surface area (Å²) in [5, 5.41) is 7.95. The van der Waals surface area contributed by atoms with Gasteiger partial charge in [0.05, 0.1) is 34.0 Å². The van der Waals surface area contributed by atoms with Gasteiger partial charge in [0.2, 0.25) is 10.0 Å². The molecular weight excluding hydrogens is 508 g/mol. The van der Waals surface area contributed by atoms with Crippen molar-refractivity contribution < 1.29 is 27.5 Å². The van der Waals surface area contributed by atoms with Crippen LogP contribution in [-0.2, 0) is 38.9 Å². The van der Waals surface area contributed by atoms with Crippen molar-refractivity contribution >= 4 is 21.9 Å². The Morgan fingerprint density at radius 2 is 1.87 bits per heavy atom. The first-order valence-electron chi connectivity index (χ1n) is 13.0. The van der Waals surface area contributed by atoms with Gasteiger partial charge in [0.1, 0.15) is 0 Å². The number of amides is 1. The summed E-state index contributed by atoms with van der Waals surface area (Å²) in [7, 11) is -0.667. The maximum absolute atomic E-state index is 13.1. The van der Waals surface area contributed by atoms with Crippen LogP contribution in [0.2, 0.25) is 0 Å². The minimum Gasteiger partial charge on any atom is -0.461 e. The number of aryl methyl sites for hydroxylation is 1. The number of hydrogen-bond donors (Lipinski definition) is 1. The molecule has 1 N–H and O–H groups in total. The zero-order valence-electron chi connectivity index (χ0n) is 22.9. The number of aromatic nitrogens is 2. The van der Waals surface area contributed by atoms with Crippen molar-refractivity contribution in [3.63, 3.8) is 0 Å². The molecule has 0 saturated carbocycles. The molecular formula is C27H38N4O6S. The van der Waals surface area contributed by atoms with Crippen molar-refractivity contribution in [3.8, 4) is 0 Å². The van der Waals surface area contributed by atoms with Crippen LogP contribution in [0.1, 0.15) is 65.7 Å². The number of carbonyl (C=O) groups is 2. The summed E-state index contributed by atoms with van der Waals surface area (Å²) in [4.78, 5) is 25.9. The summed E-state index contributed by atoms with van der Waals surface area (Å²) in [6.07, 6.45) is 3.16. The molecule has 1 fully saturated rings. The molecule has 0 atom stereocenters. The minimum atomic E-state index is -3.58. The van der Waals surface area contributed by atoms with E-state index in [9.17, 15) is 18.0 Å². The fraction of sp³-hybridized carbons (Fsp3) is 0.593. The Kier molecular flexibility index (Phi) is 8.02. The maximum Gasteiger partial charge on any atom is 0.338 e. The molecule has 10 nitrogen and oxygen atoms in total. The first-order valence-corrected chi connectivity index (χ1v) is 14.5. The van der Waals surface area contributed by atoms with Gasteiger partial charge in [-0.25, -0.2) is 17.5 Å². The monoisotopic (exact) mass is 546 g/mol. The molecule has 2 aliphatic heterocycles. The highest BCUT2D eigenvalue weighted by Crippen LogP contribution is 2.38. The second kappa shape index (κ2) is 10.8. The Labute approximate surface area is 224 Å². The van der Waals surface area contributed by atoms with Gasteiger partial charge < -0.3 is 14.8 Å². The fourth-order valence-electron chi connectivity index (χ4n) is 5.07. The number of hydrogen-bond acceptors (Lipinski definition) is 7. The third-order valence-electron chi connectivity index (χ3n) is 7.45. The lowest BCUT2D eigenvalue weighted by molar-refractivity contribution is 0.0145. The first-order chi connectivity index (χ1) is 17.9. The van der Waals surface area contributed by atoms with Crippen LogP contribution in [0, 0.1) is 10.8 Å². The lowest BCUT2D eigenvalue weighted by atomic mass is 9.76. The molecule has 2 aliphatic rings. The Hall–Kier alpha value is -2.76. The van der Waals surface area contributed by atoms with E-state index in [-0.39, 0.29) is 28.4 Å². The van der Waals surface area contributed by atoms with E-state index in [4.69, 9.17) is 14.6 Å². The van der Waals surface area contributed by atoms with Gasteiger partial charge in [-0.1, -0.05) is 20.8 Å². The second-order valence-electron chi connectivity index (χ2n) is 11.3. The number of rotatable bonds is 8. The molecule has 38 heavy (non-hydrogen) atoms. The highest BCUT2D eigenvalue weighted by molar-refractivity contribution is 7.89. The lowest BCUT2D eigenvalue weighted by Gasteiger charge is -2.36. The van der Waals surface area contributed by atoms with E-state index in [1.807, 2.05) is 25.5 Å². The van der Waals surface area contributed by atoms with Crippen LogP contribution in [0.5, 0.6) is 0 Å². The minimum absolute atomic E-state index is 0.0508. The topological polar surface area (TPSA) is 120 Å². The van der Waals surface area contributed by atoms with Gasteiger partial charge in [-0.3, -0.25) is 9.48 Å². The van der Waals surface area contributed by atoms with Crippen LogP contribution in [-0.4, -0.2) is 74.8 Å². The van der Waals surface area contributed by atoms with E-state index >= 15 is 0 Å². The summed E-state index contributed by atoms with van der Waals surface area (Å²) >= 11 is 0. The molecule has 11 heteroatoms. The van der Waals surface area contributed by atoms with Crippen LogP contribution in [0.15, 0.2) is 29.2 Å². The van der Waals surface area contributed by atoms with E-state index < -0.39 is 21.4 Å². The average Bonchev–Trinajstić information content (AvgIpc) is 3.15. The van der Waals surface area contributed by atoms with Gasteiger partial charge in [0.15, 0.2) is 0 Å². The van der Waals surface area contributed by atoms with Crippen LogP contribution in [0.3, 0.4) is 0 Å². The number of fused-ring (bicyclic) bond motifs is 1. The highest BCUT2D eigenvalue weighted by atomic mass is 32.2. The zero-order valence-corrected chi connectivity index (χ0v) is 23.7. The fourth-order valence-corrected chi connectivity index (χ4v) is 5.97. The summed E-state index contributed by atoms with van der Waals surface area (Å²) in [5.74, 6) is -0.601. The Morgan fingerprint density at radius 1 is 1.21 bits per heavy atom. The molecule has 0 aliphatic carbocycles. The molecule has 0 unspecified atom stereocenters. The predicted molar refractivity (Wildman–Crippen MR) is 142 cm³/mol. The molecule has 0 radical (unpaired) electrons. The van der Waals surface area contributed by atoms with Crippen molar-refractivity contribution in [1.29, 1.82) is 0 Å². The van der Waals surface area contributed by atoms with Crippen LogP contribution in [0.4, 0.5) is 0 Å². The summed E-state index contributed by atoms with van der Waals surface area (Å²) in [5.41, 5.74) is 2.15. The number of nitrogens with one attached hydrogen (secondary N) is 1. The molecule has 2 aromatic rings. The normalized spacial score (nSPS) is 17.7. The standard InChI is InChI=1S/C27H38N4O6S/c1-6-21-23-22(15-27(16-28-24(23)32)11-13-36-14-12-27)31(29-21)17-26(2,3)18-37-25(33)19-7-9-20(10-8-19)38(34,35)30(4)5/h7-10H,6,11-18H2,1-5H3,(H,28,32). The Balaban J connectivity index is 1.49. The maximum atomic E-state index is 13.1. The zero-order chi connectivity index (χ0) is 27.7. The molecule has 3 heterocycles. The van der Waals surface area contributed by atoms with Crippen LogP contribution >= 0.6 is 0 Å². The van der Waals surface area contributed by atoms with Gasteiger partial charge in [-0.15, -0.1) is 0 Å². The van der Waals surface area contributed by atoms with Gasteiger partial charge in [0, 0.05) is 45.8 Å². The van der Waals surface area contributed by atoms with E-state index in [2.05, 4.69) is 5.32 Å². The van der Waals surface area contributed by atoms with Gasteiger partial charge in [-0.05, 0) is 55.4 Å². The van der Waals surface area contributed by atoms with Gasteiger partial charge in [0.25, 0.3) is 5.91 Å². The van der Waals surface area contributed by atoms with E-state index in [0.717, 1.165) is 35.0 Å². The highest BCUT2D eigenvalue weighted by Gasteiger charge is 2.40. The van der Waals surface area contributed by atoms with E-state index in [0.29, 0.717) is 38.3 Å². The summed E-state index contributed by atoms with van der Waals surface area (Å²) in [6, 6.07) is 5.72. The molecule has 1 amide bonds. The number of ether oxygens (including phenoxy) is 2. The Bertz CT molecular complexity index is 1290. The van der Waals surface area contributed by atoms with Gasteiger partial charge in [-0.2, -0.15) is 5.10 Å². The molecule has 208 valence electrons. The molecule has 1 spiro atoms. The van der Waals surface area contributed by atoms with E-state index in [1.54, 1.807) is 0 Å². The number of nitrogens with zero attached hydrogens (tertiary/aromatic N) is 3. The number of esters is 1. The molecule has 1 aromatic heterocycles. The number of benzene rings is 1. The third kappa shape index (κ3) is 5.79. The SMILES string of the molecule is CCc1nn(CC(C)(C)COC(=O)c2ccc(S(=O)(=O)N(C)C)cc2)c2c1C(=O)NCC1(CCOCC1)C2. The van der Waals surface area contributed by atoms with Crippen molar-refractivity contribution in [2.75, 3.05) is 40.5 Å². The lowest BCUT2D eigenvalue weighted by Crippen LogP contribution is -2.41. The molecule has 1 saturated heterocycles. The number of carbonyl (C=O) groups excluding carboxylic acids is 2. The van der Waals surface area contributed by atoms with Crippen LogP contribution < -0.4 is 5.32 Å². The van der Waals surface area contributed by atoms with Crippen molar-refractivity contribution in [3.05, 3.63) is 46.8 Å². The molecule has 4 rings (SSSR count). The van der Waals surface area contributed by atoms with Gasteiger partial charge >= 0.3 is 5.97 Å². The molecule has 1 aromatic carbocycles. The quantitative estimate of drug-likeness (QED) is 0.506. The predicted octanol–water partition coefficient (Wildman–Crippen LogP) is 2.66. The second-order valence-corrected chi connectivity index (χ2v) is 13.5. The smallest absolute Gasteiger partial charge is 0.338 e. The Morgan fingerprint density at radius 3 is 2.47 bits per heavy atom. The largest absolute Gasteiger partial charge is 0.461 e. The van der Waals surface area contributed by atoms with Crippen molar-refractivity contribution in [2.24, 2.45) is 10.8 Å². The van der Waals surface area contributed by atoms with E-state index in [1.165, 1.54) is 38.4 Å². The van der Waals surface area contributed by atoms with Crippen molar-refractivity contribution in [2.45, 2.75) is 57.9 Å². The molecule has 0 bridgehead atoms. The summed E-state index contributed by atoms with van der Waals surface area (Å²) in [6.45, 7) is 8.59. The van der Waals surface area contributed by atoms with Crippen molar-refractivity contribution in [1.82, 2.24) is 19.4 Å². The van der Waals surface area contributed by atoms with Crippen LogP contribution in [0.25, 0.3) is 0 Å².